The summed E-state index contributed by atoms with van der Waals surface area (Å²) in [5.74, 6) is 0.376. The number of amidine groups is 1. The second kappa shape index (κ2) is 6.79. The Hall–Kier alpha value is -0.610. The molecule has 0 fully saturated rings. The highest BCUT2D eigenvalue weighted by molar-refractivity contribution is 5.79. The molecule has 0 aromatic carbocycles. The van der Waals surface area contributed by atoms with Crippen molar-refractivity contribution < 1.29 is 4.74 Å². The summed E-state index contributed by atoms with van der Waals surface area (Å²) in [6.07, 6.45) is 0.286. The van der Waals surface area contributed by atoms with Crippen molar-refractivity contribution in [3.63, 3.8) is 0 Å². The average Bonchev–Trinajstić information content (AvgIpc) is 2.02. The van der Waals surface area contributed by atoms with Crippen molar-refractivity contribution >= 4 is 5.84 Å². The molecule has 84 valence electrons. The van der Waals surface area contributed by atoms with Crippen molar-refractivity contribution in [2.75, 3.05) is 26.7 Å². The van der Waals surface area contributed by atoms with E-state index in [1.807, 2.05) is 27.8 Å². The first kappa shape index (κ1) is 13.4. The fraction of sp³-hybridized carbons (Fsp3) is 0.900. The van der Waals surface area contributed by atoms with E-state index in [1.54, 1.807) is 0 Å². The van der Waals surface area contributed by atoms with Gasteiger partial charge in [-0.15, -0.1) is 0 Å². The lowest BCUT2D eigenvalue weighted by atomic mass is 10.1. The smallest absolute Gasteiger partial charge is 0.0947 e. The number of hydrogen-bond donors (Lipinski definition) is 2. The zero-order valence-corrected chi connectivity index (χ0v) is 9.71. The SMILES string of the molecule is CC(C)OCCN(C)CC(C)C(=N)N. The van der Waals surface area contributed by atoms with Crippen LogP contribution in [0.15, 0.2) is 0 Å². The molecule has 0 radical (unpaired) electrons. The highest BCUT2D eigenvalue weighted by Crippen LogP contribution is 1.97. The van der Waals surface area contributed by atoms with Gasteiger partial charge < -0.3 is 15.4 Å². The van der Waals surface area contributed by atoms with Gasteiger partial charge in [0.05, 0.1) is 18.5 Å². The summed E-state index contributed by atoms with van der Waals surface area (Å²) < 4.78 is 5.43. The summed E-state index contributed by atoms with van der Waals surface area (Å²) in [4.78, 5) is 2.13. The Bertz CT molecular complexity index is 171. The van der Waals surface area contributed by atoms with Crippen LogP contribution in [0.5, 0.6) is 0 Å². The van der Waals surface area contributed by atoms with Crippen LogP contribution in [0.1, 0.15) is 20.8 Å². The van der Waals surface area contributed by atoms with Crippen LogP contribution in [-0.2, 0) is 4.74 Å². The van der Waals surface area contributed by atoms with Crippen molar-refractivity contribution in [2.24, 2.45) is 11.7 Å². The Labute approximate surface area is 86.9 Å². The van der Waals surface area contributed by atoms with Crippen molar-refractivity contribution in [1.82, 2.24) is 4.90 Å². The topological polar surface area (TPSA) is 62.3 Å². The summed E-state index contributed by atoms with van der Waals surface area (Å²) in [7, 11) is 2.02. The average molecular weight is 201 g/mol. The molecule has 0 aliphatic carbocycles. The van der Waals surface area contributed by atoms with Gasteiger partial charge in [0.2, 0.25) is 0 Å². The van der Waals surface area contributed by atoms with E-state index in [-0.39, 0.29) is 17.9 Å². The number of ether oxygens (including phenoxy) is 1. The summed E-state index contributed by atoms with van der Waals surface area (Å²) in [5, 5.41) is 7.26. The van der Waals surface area contributed by atoms with Crippen LogP contribution >= 0.6 is 0 Å². The fourth-order valence-electron chi connectivity index (χ4n) is 1.10. The van der Waals surface area contributed by atoms with Gasteiger partial charge in [-0.25, -0.2) is 0 Å². The second-order valence-corrected chi connectivity index (χ2v) is 4.04. The molecule has 0 saturated heterocycles. The maximum Gasteiger partial charge on any atom is 0.0947 e. The second-order valence-electron chi connectivity index (χ2n) is 4.04. The lowest BCUT2D eigenvalue weighted by Gasteiger charge is -2.20. The first-order valence-electron chi connectivity index (χ1n) is 5.07. The van der Waals surface area contributed by atoms with Gasteiger partial charge in [-0.2, -0.15) is 0 Å². The van der Waals surface area contributed by atoms with Crippen LogP contribution in [-0.4, -0.2) is 43.6 Å². The summed E-state index contributed by atoms with van der Waals surface area (Å²) >= 11 is 0. The Morgan fingerprint density at radius 1 is 1.43 bits per heavy atom. The summed E-state index contributed by atoms with van der Waals surface area (Å²) in [6.45, 7) is 8.45. The normalized spacial score (nSPS) is 13.6. The fourth-order valence-corrected chi connectivity index (χ4v) is 1.10. The molecule has 3 N–H and O–H groups in total. The Balaban J connectivity index is 3.55. The molecular formula is C10H23N3O. The third-order valence-corrected chi connectivity index (χ3v) is 2.04. The molecule has 4 nitrogen and oxygen atoms in total. The quantitative estimate of drug-likeness (QED) is 0.475. The van der Waals surface area contributed by atoms with Gasteiger partial charge >= 0.3 is 0 Å². The van der Waals surface area contributed by atoms with Gasteiger partial charge in [0.25, 0.3) is 0 Å². The van der Waals surface area contributed by atoms with Gasteiger partial charge in [0.1, 0.15) is 0 Å². The third-order valence-electron chi connectivity index (χ3n) is 2.04. The van der Waals surface area contributed by atoms with E-state index in [2.05, 4.69) is 4.90 Å². The molecule has 14 heavy (non-hydrogen) atoms. The van der Waals surface area contributed by atoms with E-state index in [9.17, 15) is 0 Å². The lowest BCUT2D eigenvalue weighted by Crippen LogP contribution is -2.34. The van der Waals surface area contributed by atoms with E-state index in [1.165, 1.54) is 0 Å². The molecule has 0 rings (SSSR count). The molecule has 4 heteroatoms. The molecule has 0 heterocycles. The van der Waals surface area contributed by atoms with Crippen LogP contribution < -0.4 is 5.73 Å². The van der Waals surface area contributed by atoms with Crippen molar-refractivity contribution in [3.05, 3.63) is 0 Å². The number of nitrogens with one attached hydrogen (secondary N) is 1. The number of nitrogens with zero attached hydrogens (tertiary/aromatic N) is 1. The molecule has 0 saturated carbocycles. The van der Waals surface area contributed by atoms with Crippen molar-refractivity contribution in [1.29, 1.82) is 5.41 Å². The molecule has 1 unspecified atom stereocenters. The Morgan fingerprint density at radius 2 is 2.00 bits per heavy atom. The number of rotatable bonds is 7. The minimum absolute atomic E-state index is 0.124. The minimum atomic E-state index is 0.124. The molecule has 0 spiro atoms. The van der Waals surface area contributed by atoms with Crippen LogP contribution in [0.4, 0.5) is 0 Å². The molecular weight excluding hydrogens is 178 g/mol. The van der Waals surface area contributed by atoms with Crippen LogP contribution in [0, 0.1) is 11.3 Å². The zero-order valence-electron chi connectivity index (χ0n) is 9.71. The Morgan fingerprint density at radius 3 is 2.43 bits per heavy atom. The first-order chi connectivity index (χ1) is 6.43. The number of nitrogens with two attached hydrogens (primary N) is 1. The van der Waals surface area contributed by atoms with Gasteiger partial charge in [-0.1, -0.05) is 6.92 Å². The van der Waals surface area contributed by atoms with Crippen LogP contribution in [0.25, 0.3) is 0 Å². The first-order valence-corrected chi connectivity index (χ1v) is 5.07. The molecule has 0 amide bonds. The van der Waals surface area contributed by atoms with E-state index in [0.717, 1.165) is 19.7 Å². The van der Waals surface area contributed by atoms with Crippen LogP contribution in [0.2, 0.25) is 0 Å². The number of hydrogen-bond acceptors (Lipinski definition) is 3. The highest BCUT2D eigenvalue weighted by Gasteiger charge is 2.08. The van der Waals surface area contributed by atoms with Crippen molar-refractivity contribution in [3.8, 4) is 0 Å². The van der Waals surface area contributed by atoms with Crippen LogP contribution in [0.3, 0.4) is 0 Å². The molecule has 0 aromatic rings. The van der Waals surface area contributed by atoms with E-state index in [0.29, 0.717) is 0 Å². The van der Waals surface area contributed by atoms with Crippen molar-refractivity contribution in [2.45, 2.75) is 26.9 Å². The predicted molar refractivity (Wildman–Crippen MR) is 59.7 cm³/mol. The third kappa shape index (κ3) is 6.86. The van der Waals surface area contributed by atoms with E-state index >= 15 is 0 Å². The van der Waals surface area contributed by atoms with Gasteiger partial charge in [-0.05, 0) is 20.9 Å². The Kier molecular flexibility index (Phi) is 6.49. The molecule has 0 bridgehead atoms. The maximum atomic E-state index is 7.26. The largest absolute Gasteiger partial charge is 0.387 e. The highest BCUT2D eigenvalue weighted by atomic mass is 16.5. The van der Waals surface area contributed by atoms with E-state index in [4.69, 9.17) is 15.9 Å². The van der Waals surface area contributed by atoms with Gasteiger partial charge in [-0.3, -0.25) is 5.41 Å². The molecule has 0 aromatic heterocycles. The minimum Gasteiger partial charge on any atom is -0.387 e. The van der Waals surface area contributed by atoms with Gasteiger partial charge in [0, 0.05) is 19.0 Å². The molecule has 1 atom stereocenters. The molecule has 0 aliphatic heterocycles. The maximum absolute atomic E-state index is 7.26. The predicted octanol–water partition coefficient (Wildman–Crippen LogP) is 0.915. The summed E-state index contributed by atoms with van der Waals surface area (Å²) in [5.41, 5.74) is 5.39. The van der Waals surface area contributed by atoms with E-state index < -0.39 is 0 Å². The number of likely N-dealkylation sites (N-methyl/N-ethyl adjacent to an activating group) is 1. The summed E-state index contributed by atoms with van der Waals surface area (Å²) in [6, 6.07) is 0. The zero-order chi connectivity index (χ0) is 11.1. The lowest BCUT2D eigenvalue weighted by molar-refractivity contribution is 0.0629. The standard InChI is InChI=1S/C10H23N3O/c1-8(2)14-6-5-13(4)7-9(3)10(11)12/h8-9H,5-7H2,1-4H3,(H3,11,12). The van der Waals surface area contributed by atoms with Gasteiger partial charge in [0.15, 0.2) is 0 Å². The monoisotopic (exact) mass is 201 g/mol. The molecule has 0 aliphatic rings.